The van der Waals surface area contributed by atoms with E-state index in [0.29, 0.717) is 18.1 Å². The molecular weight excluding hydrogens is 228 g/mol. The Bertz CT molecular complexity index is 367. The van der Waals surface area contributed by atoms with E-state index in [0.717, 1.165) is 6.42 Å². The van der Waals surface area contributed by atoms with E-state index < -0.39 is 0 Å². The molecule has 0 N–H and O–H groups in total. The van der Waals surface area contributed by atoms with Gasteiger partial charge >= 0.3 is 5.97 Å². The topological polar surface area (TPSA) is 26.3 Å². The van der Waals surface area contributed by atoms with E-state index in [2.05, 4.69) is 30.9 Å². The van der Waals surface area contributed by atoms with Gasteiger partial charge in [-0.25, -0.2) is 0 Å². The molecule has 0 saturated carbocycles. The summed E-state index contributed by atoms with van der Waals surface area (Å²) in [4.78, 5) is 12.4. The fraction of sp³-hybridized carbons (Fsp3) is 0.364. The lowest BCUT2D eigenvalue weighted by Gasteiger charge is -2.04. The molecule has 15 heavy (non-hydrogen) atoms. The maximum absolute atomic E-state index is 11.2. The van der Waals surface area contributed by atoms with Crippen LogP contribution in [0.3, 0.4) is 0 Å². The van der Waals surface area contributed by atoms with Crippen molar-refractivity contribution in [3.8, 4) is 0 Å². The van der Waals surface area contributed by atoms with Crippen LogP contribution in [0.5, 0.6) is 0 Å². The van der Waals surface area contributed by atoms with Crippen LogP contribution in [0.2, 0.25) is 0 Å². The molecule has 0 atom stereocenters. The number of rotatable bonds is 5. The predicted octanol–water partition coefficient (Wildman–Crippen LogP) is 2.35. The zero-order valence-corrected chi connectivity index (χ0v) is 9.94. The van der Waals surface area contributed by atoms with Crippen LogP contribution in [-0.2, 0) is 9.53 Å². The number of carbonyl (C=O) groups excluding carboxylic acids is 1. The first-order chi connectivity index (χ1) is 7.29. The Labute approximate surface area is 98.9 Å². The number of allylic oxidation sites excluding steroid dienone is 5. The summed E-state index contributed by atoms with van der Waals surface area (Å²) in [7, 11) is 0. The van der Waals surface area contributed by atoms with E-state index in [4.69, 9.17) is 4.74 Å². The van der Waals surface area contributed by atoms with Gasteiger partial charge in [0.25, 0.3) is 0 Å². The molecule has 0 aromatic carbocycles. The molecule has 0 unspecified atom stereocenters. The lowest BCUT2D eigenvalue weighted by Crippen LogP contribution is -2.09. The van der Waals surface area contributed by atoms with Crippen molar-refractivity contribution in [3.05, 3.63) is 34.3 Å². The zero-order valence-electron chi connectivity index (χ0n) is 8.23. The van der Waals surface area contributed by atoms with Crippen LogP contribution in [0, 0.1) is 0 Å². The molecular formula is C11H12O2S2. The summed E-state index contributed by atoms with van der Waals surface area (Å²) in [5.74, 6) is 0.814. The van der Waals surface area contributed by atoms with Crippen molar-refractivity contribution in [2.45, 2.75) is 6.42 Å². The molecule has 0 heterocycles. The summed E-state index contributed by atoms with van der Waals surface area (Å²) in [6.07, 6.45) is 7.43. The number of hydrogen-bond donors (Lipinski definition) is 1. The minimum atomic E-state index is -0.160. The molecule has 0 aromatic heterocycles. The van der Waals surface area contributed by atoms with Crippen LogP contribution in [0.25, 0.3) is 0 Å². The fourth-order valence-electron chi connectivity index (χ4n) is 1.55. The molecule has 0 fully saturated rings. The highest BCUT2D eigenvalue weighted by Crippen LogP contribution is 2.38. The molecule has 0 radical (unpaired) electrons. The van der Waals surface area contributed by atoms with Gasteiger partial charge in [-0.15, -0.1) is 11.8 Å². The lowest BCUT2D eigenvalue weighted by molar-refractivity contribution is -0.139. The van der Waals surface area contributed by atoms with Crippen LogP contribution in [0.4, 0.5) is 0 Å². The molecule has 80 valence electrons. The third kappa shape index (κ3) is 2.69. The largest absolute Gasteiger partial charge is 0.464 e. The number of thiol groups is 1. The molecule has 4 heteroatoms. The van der Waals surface area contributed by atoms with Gasteiger partial charge in [0.15, 0.2) is 0 Å². The van der Waals surface area contributed by atoms with Gasteiger partial charge in [0, 0.05) is 10.7 Å². The first-order valence-corrected chi connectivity index (χ1v) is 6.42. The van der Waals surface area contributed by atoms with E-state index in [-0.39, 0.29) is 5.97 Å². The lowest BCUT2D eigenvalue weighted by atomic mass is 10.3. The summed E-state index contributed by atoms with van der Waals surface area (Å²) in [6, 6.07) is 0. The van der Waals surface area contributed by atoms with Gasteiger partial charge in [-0.2, -0.15) is 12.6 Å². The molecule has 0 aromatic rings. The Kier molecular flexibility index (Phi) is 3.59. The summed E-state index contributed by atoms with van der Waals surface area (Å²) in [5, 5.41) is 0. The summed E-state index contributed by atoms with van der Waals surface area (Å²) < 4.78 is 4.93. The Morgan fingerprint density at radius 1 is 1.53 bits per heavy atom. The van der Waals surface area contributed by atoms with Gasteiger partial charge in [-0.1, -0.05) is 12.2 Å². The van der Waals surface area contributed by atoms with Crippen molar-refractivity contribution >= 4 is 30.4 Å². The molecule has 0 aliphatic heterocycles. The minimum absolute atomic E-state index is 0.160. The fourth-order valence-corrected chi connectivity index (χ4v) is 2.56. The third-order valence-electron chi connectivity index (χ3n) is 2.23. The first kappa shape index (κ1) is 10.9. The van der Waals surface area contributed by atoms with Gasteiger partial charge < -0.3 is 4.74 Å². The number of esters is 1. The van der Waals surface area contributed by atoms with Crippen molar-refractivity contribution in [3.63, 3.8) is 0 Å². The maximum atomic E-state index is 11.2. The van der Waals surface area contributed by atoms with Crippen LogP contribution in [0.1, 0.15) is 6.42 Å². The van der Waals surface area contributed by atoms with Crippen molar-refractivity contribution in [2.75, 3.05) is 18.1 Å². The Morgan fingerprint density at radius 3 is 3.00 bits per heavy atom. The number of fused-ring (bicyclic) bond motifs is 2. The van der Waals surface area contributed by atoms with Crippen LogP contribution in [-0.4, -0.2) is 24.1 Å². The normalized spacial score (nSPS) is 17.3. The average Bonchev–Trinajstić information content (AvgIpc) is 2.84. The third-order valence-corrected chi connectivity index (χ3v) is 3.48. The predicted molar refractivity (Wildman–Crippen MR) is 66.1 cm³/mol. The highest BCUT2D eigenvalue weighted by molar-refractivity contribution is 8.03. The van der Waals surface area contributed by atoms with Crippen molar-refractivity contribution in [2.24, 2.45) is 0 Å². The smallest absolute Gasteiger partial charge is 0.316 e. The van der Waals surface area contributed by atoms with Gasteiger partial charge in [0.1, 0.15) is 6.61 Å². The summed E-state index contributed by atoms with van der Waals surface area (Å²) >= 11 is 5.53. The zero-order chi connectivity index (χ0) is 10.7. The Morgan fingerprint density at radius 2 is 2.40 bits per heavy atom. The second-order valence-corrected chi connectivity index (χ2v) is 4.82. The second-order valence-electron chi connectivity index (χ2n) is 3.35. The highest BCUT2D eigenvalue weighted by Gasteiger charge is 2.18. The van der Waals surface area contributed by atoms with Gasteiger partial charge in [-0.3, -0.25) is 4.79 Å². The molecule has 0 amide bonds. The van der Waals surface area contributed by atoms with Gasteiger partial charge in [0.05, 0.1) is 5.75 Å². The first-order valence-electron chi connectivity index (χ1n) is 4.80. The highest BCUT2D eigenvalue weighted by atomic mass is 32.2. The van der Waals surface area contributed by atoms with Crippen LogP contribution in [0.15, 0.2) is 34.3 Å². The maximum Gasteiger partial charge on any atom is 0.316 e. The Hall–Kier alpha value is -0.610. The Balaban J connectivity index is 1.78. The summed E-state index contributed by atoms with van der Waals surface area (Å²) in [6.45, 7) is 0.398. The molecule has 0 spiro atoms. The number of ether oxygens (including phenoxy) is 1. The quantitative estimate of drug-likeness (QED) is 0.590. The average molecular weight is 240 g/mol. The van der Waals surface area contributed by atoms with E-state index in [1.807, 2.05) is 0 Å². The summed E-state index contributed by atoms with van der Waals surface area (Å²) in [5.41, 5.74) is 2.67. The van der Waals surface area contributed by atoms with Crippen LogP contribution >= 0.6 is 24.4 Å². The van der Waals surface area contributed by atoms with E-state index in [9.17, 15) is 4.79 Å². The van der Waals surface area contributed by atoms with Gasteiger partial charge in [0.2, 0.25) is 0 Å². The van der Waals surface area contributed by atoms with Crippen molar-refractivity contribution in [1.82, 2.24) is 0 Å². The van der Waals surface area contributed by atoms with Gasteiger partial charge in [-0.05, 0) is 23.6 Å². The van der Waals surface area contributed by atoms with Crippen molar-refractivity contribution in [1.29, 1.82) is 0 Å². The van der Waals surface area contributed by atoms with E-state index >= 15 is 0 Å². The number of carbonyl (C=O) groups is 1. The molecule has 2 rings (SSSR count). The minimum Gasteiger partial charge on any atom is -0.464 e. The van der Waals surface area contributed by atoms with E-state index in [1.165, 1.54) is 16.1 Å². The number of thioether (sulfide) groups is 1. The SMILES string of the molecule is O=C(CSC1=C2C=CC(=C1)C2)OCCS. The molecule has 2 nitrogen and oxygen atoms in total. The number of hydrogen-bond acceptors (Lipinski definition) is 4. The standard InChI is InChI=1S/C11H12O2S2/c12-11(13-3-4-14)7-15-10-6-8-1-2-9(10)5-8/h1-2,6,14H,3-5,7H2. The molecule has 0 saturated heterocycles. The molecule has 2 aliphatic carbocycles. The molecule has 2 bridgehead atoms. The van der Waals surface area contributed by atoms with Crippen LogP contribution < -0.4 is 0 Å². The second kappa shape index (κ2) is 4.94. The molecule has 2 aliphatic rings. The monoisotopic (exact) mass is 240 g/mol. The van der Waals surface area contributed by atoms with Crippen molar-refractivity contribution < 1.29 is 9.53 Å². The van der Waals surface area contributed by atoms with E-state index in [1.54, 1.807) is 11.8 Å².